The average molecular weight is 278 g/mol. The second-order valence-corrected chi connectivity index (χ2v) is 5.02. The highest BCUT2D eigenvalue weighted by Gasteiger charge is 2.15. The van der Waals surface area contributed by atoms with Crippen LogP contribution in [0.3, 0.4) is 0 Å². The second kappa shape index (κ2) is 5.27. The maximum atomic E-state index is 8.87. The number of rotatable bonds is 3. The van der Waals surface area contributed by atoms with E-state index >= 15 is 0 Å². The predicted octanol–water partition coefficient (Wildman–Crippen LogP) is 1.37. The first kappa shape index (κ1) is 13.3. The number of pyridine rings is 1. The van der Waals surface area contributed by atoms with Crippen LogP contribution in [-0.4, -0.2) is 31.2 Å². The Morgan fingerprint density at radius 2 is 2.11 bits per heavy atom. The highest BCUT2D eigenvalue weighted by molar-refractivity contribution is 7.99. The van der Waals surface area contributed by atoms with Gasteiger partial charge in [-0.2, -0.15) is 0 Å². The molecule has 0 unspecified atom stereocenters. The highest BCUT2D eigenvalue weighted by Crippen LogP contribution is 2.29. The lowest BCUT2D eigenvalue weighted by molar-refractivity contribution is 0.318. The number of aromatic nitrogens is 4. The summed E-state index contributed by atoms with van der Waals surface area (Å²) in [5.41, 5.74) is 7.85. The van der Waals surface area contributed by atoms with Crippen LogP contribution in [0, 0.1) is 20.8 Å². The Morgan fingerprint density at radius 1 is 1.37 bits per heavy atom. The third-order valence-corrected chi connectivity index (χ3v) is 3.34. The summed E-state index contributed by atoms with van der Waals surface area (Å²) in [6.07, 6.45) is 0. The number of hydrogen-bond acceptors (Lipinski definition) is 6. The summed E-state index contributed by atoms with van der Waals surface area (Å²) in [4.78, 5) is 9.35. The van der Waals surface area contributed by atoms with Gasteiger partial charge in [-0.3, -0.25) is 10.1 Å². The summed E-state index contributed by atoms with van der Waals surface area (Å²) >= 11 is 1.34. The Bertz CT molecular complexity index is 636. The van der Waals surface area contributed by atoms with Crippen molar-refractivity contribution in [2.24, 2.45) is 10.9 Å². The molecule has 19 heavy (non-hydrogen) atoms. The topological polar surface area (TPSA) is 113 Å². The van der Waals surface area contributed by atoms with Crippen LogP contribution in [0.25, 0.3) is 0 Å². The summed E-state index contributed by atoms with van der Waals surface area (Å²) in [5, 5.41) is 19.3. The zero-order valence-electron chi connectivity index (χ0n) is 10.8. The number of aryl methyl sites for hydroxylation is 3. The van der Waals surface area contributed by atoms with Crippen molar-refractivity contribution in [1.82, 2.24) is 20.2 Å². The largest absolute Gasteiger partial charge is 0.409 e. The van der Waals surface area contributed by atoms with Crippen LogP contribution in [-0.2, 0) is 0 Å². The Kier molecular flexibility index (Phi) is 3.70. The van der Waals surface area contributed by atoms with E-state index in [1.807, 2.05) is 26.8 Å². The molecule has 4 N–H and O–H groups in total. The summed E-state index contributed by atoms with van der Waals surface area (Å²) < 4.78 is 0. The lowest BCUT2D eigenvalue weighted by Crippen LogP contribution is -2.17. The lowest BCUT2D eigenvalue weighted by Gasteiger charge is -2.10. The van der Waals surface area contributed by atoms with Crippen LogP contribution < -0.4 is 5.73 Å². The van der Waals surface area contributed by atoms with E-state index < -0.39 is 0 Å². The summed E-state index contributed by atoms with van der Waals surface area (Å²) in [6.45, 7) is 5.52. The SMILES string of the molecule is Cc1cc(Sc2n[nH]c(C)n2)c(/C(N)=N/O)c(C)n1. The third-order valence-electron chi connectivity index (χ3n) is 2.43. The van der Waals surface area contributed by atoms with Crippen molar-refractivity contribution < 1.29 is 5.21 Å². The number of oxime groups is 1. The smallest absolute Gasteiger partial charge is 0.213 e. The van der Waals surface area contributed by atoms with Crippen LogP contribution in [0.1, 0.15) is 22.8 Å². The van der Waals surface area contributed by atoms with Crippen molar-refractivity contribution in [2.45, 2.75) is 30.8 Å². The zero-order chi connectivity index (χ0) is 14.0. The third kappa shape index (κ3) is 2.84. The van der Waals surface area contributed by atoms with E-state index in [4.69, 9.17) is 10.9 Å². The standard InChI is InChI=1S/C11H14N6OS/c1-5-4-8(19-11-14-7(3)15-16-11)9(6(2)13-5)10(12)17-18/h4,18H,1-3H3,(H2,12,17)(H,14,15,16). The molecule has 0 saturated carbocycles. The number of aromatic amines is 1. The lowest BCUT2D eigenvalue weighted by atomic mass is 10.1. The second-order valence-electron chi connectivity index (χ2n) is 4.01. The molecular weight excluding hydrogens is 264 g/mol. The monoisotopic (exact) mass is 278 g/mol. The minimum absolute atomic E-state index is 0.0276. The molecule has 2 heterocycles. The molecule has 2 aromatic heterocycles. The minimum Gasteiger partial charge on any atom is -0.409 e. The molecule has 2 rings (SSSR count). The number of hydrogen-bond donors (Lipinski definition) is 3. The number of H-pyrrole nitrogens is 1. The van der Waals surface area contributed by atoms with Crippen molar-refractivity contribution in [3.05, 3.63) is 28.8 Å². The molecule has 100 valence electrons. The number of nitrogens with zero attached hydrogens (tertiary/aromatic N) is 4. The van der Waals surface area contributed by atoms with Gasteiger partial charge in [-0.15, -0.1) is 5.10 Å². The molecule has 0 saturated heterocycles. The van der Waals surface area contributed by atoms with E-state index in [0.29, 0.717) is 16.4 Å². The van der Waals surface area contributed by atoms with Gasteiger partial charge < -0.3 is 10.9 Å². The molecule has 0 bridgehead atoms. The molecule has 2 aromatic rings. The molecule has 0 radical (unpaired) electrons. The number of nitrogens with one attached hydrogen (secondary N) is 1. The maximum absolute atomic E-state index is 8.87. The van der Waals surface area contributed by atoms with Crippen molar-refractivity contribution >= 4 is 17.6 Å². The molecule has 7 nitrogen and oxygen atoms in total. The molecule has 0 aliphatic carbocycles. The van der Waals surface area contributed by atoms with E-state index in [-0.39, 0.29) is 5.84 Å². The molecular formula is C11H14N6OS. The van der Waals surface area contributed by atoms with Crippen LogP contribution >= 0.6 is 11.8 Å². The summed E-state index contributed by atoms with van der Waals surface area (Å²) in [6, 6.07) is 1.86. The molecule has 0 amide bonds. The van der Waals surface area contributed by atoms with Gasteiger partial charge in [-0.05, 0) is 38.6 Å². The summed E-state index contributed by atoms with van der Waals surface area (Å²) in [5.74, 6) is 0.759. The number of nitrogens with two attached hydrogens (primary N) is 1. The maximum Gasteiger partial charge on any atom is 0.213 e. The normalized spacial score (nSPS) is 11.8. The van der Waals surface area contributed by atoms with Crippen molar-refractivity contribution in [2.75, 3.05) is 0 Å². The Labute approximate surface area is 114 Å². The van der Waals surface area contributed by atoms with Gasteiger partial charge in [0.2, 0.25) is 5.16 Å². The molecule has 8 heteroatoms. The average Bonchev–Trinajstić information content (AvgIpc) is 2.73. The van der Waals surface area contributed by atoms with Gasteiger partial charge in [-0.25, -0.2) is 4.98 Å². The fraction of sp³-hybridized carbons (Fsp3) is 0.273. The zero-order valence-corrected chi connectivity index (χ0v) is 11.6. The van der Waals surface area contributed by atoms with E-state index in [2.05, 4.69) is 25.3 Å². The van der Waals surface area contributed by atoms with Crippen molar-refractivity contribution in [3.8, 4) is 0 Å². The first-order chi connectivity index (χ1) is 9.01. The van der Waals surface area contributed by atoms with Gasteiger partial charge in [-0.1, -0.05) is 5.16 Å². The first-order valence-electron chi connectivity index (χ1n) is 5.54. The quantitative estimate of drug-likeness (QED) is 0.338. The van der Waals surface area contributed by atoms with Gasteiger partial charge >= 0.3 is 0 Å². The van der Waals surface area contributed by atoms with Gasteiger partial charge in [0, 0.05) is 16.3 Å². The molecule has 0 aromatic carbocycles. The van der Waals surface area contributed by atoms with E-state index in [1.165, 1.54) is 11.8 Å². The fourth-order valence-electron chi connectivity index (χ4n) is 1.70. The molecule has 0 fully saturated rings. The molecule has 0 aliphatic heterocycles. The van der Waals surface area contributed by atoms with E-state index in [9.17, 15) is 0 Å². The Hall–Kier alpha value is -2.09. The minimum atomic E-state index is 0.0276. The van der Waals surface area contributed by atoms with Gasteiger partial charge in [0.25, 0.3) is 0 Å². The van der Waals surface area contributed by atoms with Gasteiger partial charge in [0.15, 0.2) is 5.84 Å². The van der Waals surface area contributed by atoms with Crippen molar-refractivity contribution in [1.29, 1.82) is 0 Å². The van der Waals surface area contributed by atoms with Crippen LogP contribution in [0.15, 0.2) is 21.3 Å². The van der Waals surface area contributed by atoms with E-state index in [1.54, 1.807) is 0 Å². The Morgan fingerprint density at radius 3 is 2.68 bits per heavy atom. The highest BCUT2D eigenvalue weighted by atomic mass is 32.2. The van der Waals surface area contributed by atoms with Crippen LogP contribution in [0.2, 0.25) is 0 Å². The first-order valence-corrected chi connectivity index (χ1v) is 6.36. The Balaban J connectivity index is 2.48. The molecule has 0 atom stereocenters. The van der Waals surface area contributed by atoms with Crippen LogP contribution in [0.5, 0.6) is 0 Å². The summed E-state index contributed by atoms with van der Waals surface area (Å²) in [7, 11) is 0. The molecule has 0 spiro atoms. The van der Waals surface area contributed by atoms with Gasteiger partial charge in [0.1, 0.15) is 5.82 Å². The van der Waals surface area contributed by atoms with E-state index in [0.717, 1.165) is 16.4 Å². The predicted molar refractivity (Wildman–Crippen MR) is 71.5 cm³/mol. The fourth-order valence-corrected chi connectivity index (χ4v) is 2.76. The van der Waals surface area contributed by atoms with Crippen molar-refractivity contribution in [3.63, 3.8) is 0 Å². The molecule has 0 aliphatic rings. The number of amidine groups is 1. The van der Waals surface area contributed by atoms with Gasteiger partial charge in [0.05, 0.1) is 5.56 Å². The van der Waals surface area contributed by atoms with Crippen LogP contribution in [0.4, 0.5) is 0 Å².